The van der Waals surface area contributed by atoms with Crippen molar-refractivity contribution in [3.05, 3.63) is 99.5 Å². The molecule has 3 aromatic rings. The Bertz CT molecular complexity index is 1320. The molecule has 0 spiro atoms. The second-order valence-corrected chi connectivity index (χ2v) is 15.2. The van der Waals surface area contributed by atoms with Crippen LogP contribution < -0.4 is 0 Å². The van der Waals surface area contributed by atoms with Crippen LogP contribution in [-0.4, -0.2) is 35.8 Å². The normalized spacial score (nSPS) is 14.7. The lowest BCUT2D eigenvalue weighted by atomic mass is 9.94. The highest BCUT2D eigenvalue weighted by atomic mass is 79.9. The standard InChI is InChI=1S/C30H37BrO5S2/c1-22-14-16-26(17-15-22)38(33,34)36-25(20-35-19-24-10-7-6-8-11-24)18-28-27(12-9-13-29(28)31)23(2)21-37(32)30(3,4)5/h6-17,23,25H,18-21H2,1-5H3/t23-,25+,37-/m1/s1. The largest absolute Gasteiger partial charge is 0.374 e. The minimum atomic E-state index is -4.02. The first-order valence-corrected chi connectivity index (χ1v) is 16.2. The average Bonchev–Trinajstić information content (AvgIpc) is 2.85. The fourth-order valence-electron chi connectivity index (χ4n) is 3.99. The summed E-state index contributed by atoms with van der Waals surface area (Å²) in [6.07, 6.45) is -0.453. The number of hydrogen-bond acceptors (Lipinski definition) is 5. The van der Waals surface area contributed by atoms with Crippen molar-refractivity contribution in [3.8, 4) is 0 Å². The molecule has 8 heteroatoms. The summed E-state index contributed by atoms with van der Waals surface area (Å²) >= 11 is 3.67. The van der Waals surface area contributed by atoms with Crippen LogP contribution in [0.2, 0.25) is 0 Å². The summed E-state index contributed by atoms with van der Waals surface area (Å²) in [5.41, 5.74) is 3.90. The number of ether oxygens (including phenoxy) is 1. The second-order valence-electron chi connectivity index (χ2n) is 10.5. The van der Waals surface area contributed by atoms with E-state index in [0.29, 0.717) is 18.8 Å². The van der Waals surface area contributed by atoms with Crippen molar-refractivity contribution in [1.82, 2.24) is 0 Å². The molecular formula is C30H37BrO5S2. The number of halogens is 1. The number of benzene rings is 3. The van der Waals surface area contributed by atoms with E-state index in [2.05, 4.69) is 22.9 Å². The average molecular weight is 622 g/mol. The summed E-state index contributed by atoms with van der Waals surface area (Å²) < 4.78 is 51.6. The lowest BCUT2D eigenvalue weighted by molar-refractivity contribution is 0.0441. The summed E-state index contributed by atoms with van der Waals surface area (Å²) in [7, 11) is -5.05. The first-order chi connectivity index (χ1) is 17.9. The van der Waals surface area contributed by atoms with Gasteiger partial charge in [0.25, 0.3) is 10.1 Å². The molecule has 206 valence electrons. The van der Waals surface area contributed by atoms with E-state index in [1.54, 1.807) is 24.3 Å². The van der Waals surface area contributed by atoms with Crippen molar-refractivity contribution in [3.63, 3.8) is 0 Å². The number of rotatable bonds is 12. The summed E-state index contributed by atoms with van der Waals surface area (Å²) in [5.74, 6) is 0.507. The molecule has 0 heterocycles. The van der Waals surface area contributed by atoms with Crippen LogP contribution >= 0.6 is 15.9 Å². The third-order valence-electron chi connectivity index (χ3n) is 6.19. The van der Waals surface area contributed by atoms with E-state index in [4.69, 9.17) is 8.92 Å². The minimum Gasteiger partial charge on any atom is -0.374 e. The highest BCUT2D eigenvalue weighted by Gasteiger charge is 2.27. The van der Waals surface area contributed by atoms with E-state index < -0.39 is 27.0 Å². The third-order valence-corrected chi connectivity index (χ3v) is 10.5. The summed E-state index contributed by atoms with van der Waals surface area (Å²) in [6.45, 7) is 10.3. The number of aryl methyl sites for hydroxylation is 1. The molecule has 0 saturated carbocycles. The van der Waals surface area contributed by atoms with Crippen LogP contribution in [0.3, 0.4) is 0 Å². The fraction of sp³-hybridized carbons (Fsp3) is 0.400. The maximum absolute atomic E-state index is 13.2. The lowest BCUT2D eigenvalue weighted by Gasteiger charge is -2.25. The van der Waals surface area contributed by atoms with Crippen LogP contribution in [0.15, 0.2) is 82.2 Å². The van der Waals surface area contributed by atoms with Gasteiger partial charge in [0.15, 0.2) is 0 Å². The highest BCUT2D eigenvalue weighted by Crippen LogP contribution is 2.31. The van der Waals surface area contributed by atoms with Crippen molar-refractivity contribution in [2.75, 3.05) is 12.4 Å². The quantitative estimate of drug-likeness (QED) is 0.205. The predicted molar refractivity (Wildman–Crippen MR) is 158 cm³/mol. The van der Waals surface area contributed by atoms with Gasteiger partial charge in [-0.05, 0) is 68.5 Å². The molecular weight excluding hydrogens is 584 g/mol. The minimum absolute atomic E-state index is 0.00199. The molecule has 3 rings (SSSR count). The monoisotopic (exact) mass is 620 g/mol. The lowest BCUT2D eigenvalue weighted by Crippen LogP contribution is -2.28. The maximum atomic E-state index is 13.2. The molecule has 0 fully saturated rings. The highest BCUT2D eigenvalue weighted by molar-refractivity contribution is 9.10. The third kappa shape index (κ3) is 8.85. The molecule has 3 aromatic carbocycles. The van der Waals surface area contributed by atoms with Crippen LogP contribution in [0.4, 0.5) is 0 Å². The molecule has 0 bridgehead atoms. The Morgan fingerprint density at radius 2 is 1.61 bits per heavy atom. The predicted octanol–water partition coefficient (Wildman–Crippen LogP) is 6.94. The van der Waals surface area contributed by atoms with Crippen LogP contribution in [0.1, 0.15) is 55.9 Å². The number of hydrogen-bond donors (Lipinski definition) is 0. The van der Waals surface area contributed by atoms with Gasteiger partial charge >= 0.3 is 0 Å². The Hall–Kier alpha value is -1.84. The van der Waals surface area contributed by atoms with Gasteiger partial charge in [-0.1, -0.05) is 83.0 Å². The van der Waals surface area contributed by atoms with Crippen LogP contribution in [0, 0.1) is 6.92 Å². The van der Waals surface area contributed by atoms with Gasteiger partial charge in [0.1, 0.15) is 6.10 Å². The molecule has 0 aliphatic carbocycles. The Morgan fingerprint density at radius 3 is 2.24 bits per heavy atom. The zero-order valence-electron chi connectivity index (χ0n) is 22.6. The fourth-order valence-corrected chi connectivity index (χ4v) is 6.73. The summed E-state index contributed by atoms with van der Waals surface area (Å²) in [4.78, 5) is 0.109. The molecule has 0 amide bonds. The van der Waals surface area contributed by atoms with Crippen molar-refractivity contribution in [2.45, 2.75) is 69.3 Å². The zero-order chi connectivity index (χ0) is 27.9. The topological polar surface area (TPSA) is 69.7 Å². The first kappa shape index (κ1) is 30.7. The van der Waals surface area contributed by atoms with Crippen LogP contribution in [-0.2, 0) is 42.9 Å². The van der Waals surface area contributed by atoms with Gasteiger partial charge in [0.05, 0.1) is 18.1 Å². The Labute approximate surface area is 238 Å². The van der Waals surface area contributed by atoms with Gasteiger partial charge < -0.3 is 4.74 Å². The molecule has 3 atom stereocenters. The summed E-state index contributed by atoms with van der Waals surface area (Å²) in [6, 6.07) is 22.2. The molecule has 38 heavy (non-hydrogen) atoms. The van der Waals surface area contributed by atoms with Crippen molar-refractivity contribution in [1.29, 1.82) is 0 Å². The molecule has 5 nitrogen and oxygen atoms in total. The van der Waals surface area contributed by atoms with E-state index in [1.165, 1.54) is 0 Å². The smallest absolute Gasteiger partial charge is 0.297 e. The van der Waals surface area contributed by atoms with Crippen LogP contribution in [0.25, 0.3) is 0 Å². The van der Waals surface area contributed by atoms with Gasteiger partial charge in [0.2, 0.25) is 0 Å². The Morgan fingerprint density at radius 1 is 0.947 bits per heavy atom. The van der Waals surface area contributed by atoms with E-state index in [-0.39, 0.29) is 22.2 Å². The second kappa shape index (κ2) is 13.5. The first-order valence-electron chi connectivity index (χ1n) is 12.6. The van der Waals surface area contributed by atoms with Gasteiger partial charge in [-0.3, -0.25) is 8.39 Å². The van der Waals surface area contributed by atoms with E-state index in [0.717, 1.165) is 26.7 Å². The molecule has 0 N–H and O–H groups in total. The van der Waals surface area contributed by atoms with E-state index in [1.807, 2.05) is 76.2 Å². The van der Waals surface area contributed by atoms with E-state index in [9.17, 15) is 12.6 Å². The summed E-state index contributed by atoms with van der Waals surface area (Å²) in [5, 5.41) is 0. The molecule has 0 aromatic heterocycles. The zero-order valence-corrected chi connectivity index (χ0v) is 25.9. The van der Waals surface area contributed by atoms with Crippen molar-refractivity contribution < 1.29 is 21.5 Å². The van der Waals surface area contributed by atoms with Crippen molar-refractivity contribution in [2.24, 2.45) is 0 Å². The molecule has 0 unspecified atom stereocenters. The molecule has 0 aliphatic rings. The van der Waals surface area contributed by atoms with Gasteiger partial charge in [-0.2, -0.15) is 8.42 Å². The van der Waals surface area contributed by atoms with Gasteiger partial charge in [0, 0.05) is 32.2 Å². The maximum Gasteiger partial charge on any atom is 0.297 e. The Balaban J connectivity index is 1.87. The molecule has 0 aliphatic heterocycles. The van der Waals surface area contributed by atoms with Gasteiger partial charge in [-0.15, -0.1) is 0 Å². The molecule has 0 saturated heterocycles. The van der Waals surface area contributed by atoms with E-state index >= 15 is 0 Å². The molecule has 0 radical (unpaired) electrons. The SMILES string of the molecule is Cc1ccc(S(=O)(=O)O[C@H](COCc2ccccc2)Cc2c(Br)cccc2[C@H](C)C[S@@](=O)C(C)(C)C)cc1. The Kier molecular flexibility index (Phi) is 10.9. The van der Waals surface area contributed by atoms with Gasteiger partial charge in [-0.25, -0.2) is 0 Å². The van der Waals surface area contributed by atoms with Crippen LogP contribution in [0.5, 0.6) is 0 Å². The van der Waals surface area contributed by atoms with Crippen molar-refractivity contribution >= 4 is 36.8 Å².